The van der Waals surface area contributed by atoms with E-state index in [1.807, 2.05) is 66.7 Å². The third kappa shape index (κ3) is 4.49. The van der Waals surface area contributed by atoms with Crippen molar-refractivity contribution in [1.82, 2.24) is 4.98 Å². The molecule has 0 saturated carbocycles. The zero-order valence-electron chi connectivity index (χ0n) is 19.1. The molecule has 1 aromatic heterocycles. The number of carboxylic acids is 1. The molecule has 0 unspecified atom stereocenters. The van der Waals surface area contributed by atoms with E-state index in [-0.39, 0.29) is 5.56 Å². The van der Waals surface area contributed by atoms with E-state index in [1.54, 1.807) is 6.92 Å². The molecule has 0 spiro atoms. The van der Waals surface area contributed by atoms with Gasteiger partial charge in [-0.3, -0.25) is 0 Å². The Labute approximate surface area is 202 Å². The lowest BCUT2D eigenvalue weighted by molar-refractivity contribution is 0.0698. The van der Waals surface area contributed by atoms with Crippen LogP contribution in [0.1, 0.15) is 21.5 Å². The molecule has 5 heteroatoms. The molecule has 35 heavy (non-hydrogen) atoms. The molecule has 2 N–H and O–H groups in total. The summed E-state index contributed by atoms with van der Waals surface area (Å²) < 4.78 is 13.8. The van der Waals surface area contributed by atoms with Gasteiger partial charge in [-0.15, -0.1) is 0 Å². The van der Waals surface area contributed by atoms with Crippen LogP contribution in [0.4, 0.5) is 10.1 Å². The van der Waals surface area contributed by atoms with Gasteiger partial charge in [0.25, 0.3) is 0 Å². The summed E-state index contributed by atoms with van der Waals surface area (Å²) >= 11 is 0. The van der Waals surface area contributed by atoms with Gasteiger partial charge in [0.15, 0.2) is 0 Å². The maximum Gasteiger partial charge on any atom is 0.336 e. The molecule has 1 heterocycles. The number of nitrogens with zero attached hydrogens (tertiary/aromatic N) is 1. The standard InChI is InChI=1S/C30H23FN2O2/c1-19-28(30(34)35)26-17-23(31)15-16-27(26)33-29(19)21-13-11-20(12-14-21)25-10-6-5-7-22(25)18-32-24-8-3-2-4-9-24/h2-17,32H,18H2,1H3,(H,34,35). The van der Waals surface area contributed by atoms with Crippen molar-refractivity contribution < 1.29 is 14.3 Å². The van der Waals surface area contributed by atoms with Crippen molar-refractivity contribution in [2.45, 2.75) is 13.5 Å². The molecule has 0 aliphatic carbocycles. The Balaban J connectivity index is 1.50. The molecule has 0 radical (unpaired) electrons. The van der Waals surface area contributed by atoms with Gasteiger partial charge in [0, 0.05) is 23.2 Å². The van der Waals surface area contributed by atoms with Crippen molar-refractivity contribution in [3.63, 3.8) is 0 Å². The molecule has 0 saturated heterocycles. The highest BCUT2D eigenvalue weighted by molar-refractivity contribution is 6.05. The summed E-state index contributed by atoms with van der Waals surface area (Å²) in [4.78, 5) is 16.7. The number of carboxylic acid groups (broad SMARTS) is 1. The fraction of sp³-hybridized carbons (Fsp3) is 0.0667. The van der Waals surface area contributed by atoms with Gasteiger partial charge in [-0.05, 0) is 59.5 Å². The van der Waals surface area contributed by atoms with Crippen LogP contribution in [0.25, 0.3) is 33.3 Å². The number of anilines is 1. The minimum Gasteiger partial charge on any atom is -0.478 e. The van der Waals surface area contributed by atoms with Crippen molar-refractivity contribution in [2.75, 3.05) is 5.32 Å². The highest BCUT2D eigenvalue weighted by atomic mass is 19.1. The Morgan fingerprint density at radius 2 is 1.57 bits per heavy atom. The van der Waals surface area contributed by atoms with Crippen molar-refractivity contribution in [2.24, 2.45) is 0 Å². The largest absolute Gasteiger partial charge is 0.478 e. The Morgan fingerprint density at radius 1 is 0.886 bits per heavy atom. The second kappa shape index (κ2) is 9.39. The van der Waals surface area contributed by atoms with E-state index < -0.39 is 11.8 Å². The molecule has 5 rings (SSSR count). The fourth-order valence-corrected chi connectivity index (χ4v) is 4.40. The number of hydrogen-bond donors (Lipinski definition) is 2. The van der Waals surface area contributed by atoms with Crippen LogP contribution in [-0.2, 0) is 6.54 Å². The second-order valence-corrected chi connectivity index (χ2v) is 8.38. The molecule has 0 amide bonds. The maximum atomic E-state index is 13.8. The average Bonchev–Trinajstić information content (AvgIpc) is 2.88. The SMILES string of the molecule is Cc1c(-c2ccc(-c3ccccc3CNc3ccccc3)cc2)nc2ccc(F)cc2c1C(=O)O. The van der Waals surface area contributed by atoms with Gasteiger partial charge in [0.1, 0.15) is 5.82 Å². The first kappa shape index (κ1) is 22.3. The molecule has 172 valence electrons. The third-order valence-corrected chi connectivity index (χ3v) is 6.15. The van der Waals surface area contributed by atoms with Gasteiger partial charge in [-0.25, -0.2) is 14.2 Å². The van der Waals surface area contributed by atoms with Crippen LogP contribution in [0.2, 0.25) is 0 Å². The third-order valence-electron chi connectivity index (χ3n) is 6.15. The van der Waals surface area contributed by atoms with Gasteiger partial charge >= 0.3 is 5.97 Å². The summed E-state index contributed by atoms with van der Waals surface area (Å²) in [6.45, 7) is 2.40. The van der Waals surface area contributed by atoms with Crippen molar-refractivity contribution in [3.05, 3.63) is 120 Å². The van der Waals surface area contributed by atoms with Crippen molar-refractivity contribution in [1.29, 1.82) is 0 Å². The first-order chi connectivity index (χ1) is 17.0. The molecule has 4 nitrogen and oxygen atoms in total. The number of rotatable bonds is 6. The summed E-state index contributed by atoms with van der Waals surface area (Å²) in [6.07, 6.45) is 0. The highest BCUT2D eigenvalue weighted by Gasteiger charge is 2.19. The molecule has 0 atom stereocenters. The lowest BCUT2D eigenvalue weighted by atomic mass is 9.95. The first-order valence-corrected chi connectivity index (χ1v) is 11.3. The maximum absolute atomic E-state index is 13.8. The highest BCUT2D eigenvalue weighted by Crippen LogP contribution is 2.32. The van der Waals surface area contributed by atoms with Crippen LogP contribution in [0.5, 0.6) is 0 Å². The zero-order chi connectivity index (χ0) is 24.4. The van der Waals surface area contributed by atoms with Crippen LogP contribution >= 0.6 is 0 Å². The van der Waals surface area contributed by atoms with E-state index in [4.69, 9.17) is 0 Å². The Morgan fingerprint density at radius 3 is 2.31 bits per heavy atom. The number of pyridine rings is 1. The van der Waals surface area contributed by atoms with E-state index in [1.165, 1.54) is 23.8 Å². The summed E-state index contributed by atoms with van der Waals surface area (Å²) in [5, 5.41) is 13.6. The summed E-state index contributed by atoms with van der Waals surface area (Å²) in [7, 11) is 0. The minimum atomic E-state index is -1.10. The number of halogens is 1. The molecule has 4 aromatic carbocycles. The Kier molecular flexibility index (Phi) is 5.98. The topological polar surface area (TPSA) is 62.2 Å². The lowest BCUT2D eigenvalue weighted by Crippen LogP contribution is -2.05. The minimum absolute atomic E-state index is 0.0749. The number of carbonyl (C=O) groups is 1. The number of benzene rings is 4. The monoisotopic (exact) mass is 462 g/mol. The van der Waals surface area contributed by atoms with Crippen LogP contribution in [0.15, 0.2) is 97.1 Å². The molecule has 0 aliphatic rings. The Bertz CT molecular complexity index is 1530. The van der Waals surface area contributed by atoms with E-state index in [2.05, 4.69) is 22.4 Å². The zero-order valence-corrected chi connectivity index (χ0v) is 19.1. The second-order valence-electron chi connectivity index (χ2n) is 8.38. The fourth-order valence-electron chi connectivity index (χ4n) is 4.40. The average molecular weight is 463 g/mol. The Hall–Kier alpha value is -4.51. The summed E-state index contributed by atoms with van der Waals surface area (Å²) in [5.41, 5.74) is 6.81. The predicted octanol–water partition coefficient (Wildman–Crippen LogP) is 7.33. The predicted molar refractivity (Wildman–Crippen MR) is 138 cm³/mol. The summed E-state index contributed by atoms with van der Waals surface area (Å²) in [6, 6.07) is 30.3. The van der Waals surface area contributed by atoms with E-state index >= 15 is 0 Å². The van der Waals surface area contributed by atoms with Crippen molar-refractivity contribution >= 4 is 22.6 Å². The van der Waals surface area contributed by atoms with E-state index in [0.717, 1.165) is 22.4 Å². The van der Waals surface area contributed by atoms with Gasteiger partial charge in [0.05, 0.1) is 16.8 Å². The molecule has 5 aromatic rings. The van der Waals surface area contributed by atoms with Crippen LogP contribution in [0.3, 0.4) is 0 Å². The first-order valence-electron chi connectivity index (χ1n) is 11.3. The molecule has 0 bridgehead atoms. The quantitative estimate of drug-likeness (QED) is 0.277. The van der Waals surface area contributed by atoms with Crippen LogP contribution in [-0.4, -0.2) is 16.1 Å². The number of hydrogen-bond acceptors (Lipinski definition) is 3. The van der Waals surface area contributed by atoms with Gasteiger partial charge in [-0.1, -0.05) is 66.7 Å². The van der Waals surface area contributed by atoms with E-state index in [9.17, 15) is 14.3 Å². The number of para-hydroxylation sites is 1. The number of nitrogens with one attached hydrogen (secondary N) is 1. The lowest BCUT2D eigenvalue weighted by Gasteiger charge is -2.14. The molecular formula is C30H23FN2O2. The number of aromatic carboxylic acids is 1. The molecule has 0 fully saturated rings. The van der Waals surface area contributed by atoms with Gasteiger partial charge < -0.3 is 10.4 Å². The summed E-state index contributed by atoms with van der Waals surface area (Å²) in [5.74, 6) is -1.59. The molecule has 0 aliphatic heterocycles. The van der Waals surface area contributed by atoms with Gasteiger partial charge in [0.2, 0.25) is 0 Å². The smallest absolute Gasteiger partial charge is 0.336 e. The van der Waals surface area contributed by atoms with Gasteiger partial charge in [-0.2, -0.15) is 0 Å². The number of fused-ring (bicyclic) bond motifs is 1. The normalized spacial score (nSPS) is 10.9. The molecular weight excluding hydrogens is 439 g/mol. The van der Waals surface area contributed by atoms with Crippen LogP contribution < -0.4 is 5.32 Å². The van der Waals surface area contributed by atoms with Crippen LogP contribution in [0, 0.1) is 12.7 Å². The van der Waals surface area contributed by atoms with E-state index in [0.29, 0.717) is 28.7 Å². The van der Waals surface area contributed by atoms with Crippen molar-refractivity contribution in [3.8, 4) is 22.4 Å². The number of aromatic nitrogens is 1.